The molecule has 1 aromatic heterocycles. The molecule has 1 amide bonds. The summed E-state index contributed by atoms with van der Waals surface area (Å²) in [5.74, 6) is -2.82. The average molecular weight is 438 g/mol. The number of thiazole rings is 1. The molecule has 0 aliphatic heterocycles. The van der Waals surface area contributed by atoms with E-state index in [1.807, 2.05) is 0 Å². The number of carboxylic acid groups (broad SMARTS) is 1. The van der Waals surface area contributed by atoms with E-state index in [1.54, 1.807) is 5.38 Å². The van der Waals surface area contributed by atoms with Gasteiger partial charge in [0.05, 0.1) is 17.7 Å². The van der Waals surface area contributed by atoms with Crippen LogP contribution in [-0.2, 0) is 22.2 Å². The molecule has 0 fully saturated rings. The van der Waals surface area contributed by atoms with Gasteiger partial charge in [-0.15, -0.1) is 11.3 Å². The molecule has 0 saturated carbocycles. The lowest BCUT2D eigenvalue weighted by molar-refractivity contribution is -0.144. The van der Waals surface area contributed by atoms with Crippen molar-refractivity contribution in [1.82, 2.24) is 10.3 Å². The predicted molar refractivity (Wildman–Crippen MR) is 101 cm³/mol. The summed E-state index contributed by atoms with van der Waals surface area (Å²) in [5.41, 5.74) is -0.748. The Labute approximate surface area is 172 Å². The number of rotatable bonds is 6. The molecule has 0 radical (unpaired) electrons. The summed E-state index contributed by atoms with van der Waals surface area (Å²) in [7, 11) is 0. The van der Waals surface area contributed by atoms with Crippen LogP contribution in [0.2, 0.25) is 0 Å². The molecule has 1 heterocycles. The van der Waals surface area contributed by atoms with E-state index in [4.69, 9.17) is 0 Å². The molecule has 10 heteroatoms. The molecule has 2 aromatic carbocycles. The third-order valence-electron chi connectivity index (χ3n) is 4.11. The number of nitrogens with one attached hydrogen (secondary N) is 1. The molecule has 5 nitrogen and oxygen atoms in total. The van der Waals surface area contributed by atoms with Crippen LogP contribution in [0, 0.1) is 5.82 Å². The van der Waals surface area contributed by atoms with E-state index in [1.165, 1.54) is 41.7 Å². The van der Waals surface area contributed by atoms with Crippen LogP contribution in [0.4, 0.5) is 17.6 Å². The summed E-state index contributed by atoms with van der Waals surface area (Å²) < 4.78 is 52.6. The SMILES string of the molecule is O=C(Cc1csc(-c2ccc(F)cc2)n1)NC(C(=O)O)c1ccccc1C(F)(F)F. The van der Waals surface area contributed by atoms with Gasteiger partial charge in [-0.25, -0.2) is 14.2 Å². The highest BCUT2D eigenvalue weighted by Crippen LogP contribution is 2.34. The number of hydrogen-bond acceptors (Lipinski definition) is 4. The summed E-state index contributed by atoms with van der Waals surface area (Å²) in [6, 6.07) is 7.87. The van der Waals surface area contributed by atoms with Crippen molar-refractivity contribution in [2.75, 3.05) is 0 Å². The Morgan fingerprint density at radius 3 is 2.40 bits per heavy atom. The van der Waals surface area contributed by atoms with E-state index in [0.29, 0.717) is 16.3 Å². The van der Waals surface area contributed by atoms with E-state index in [0.717, 1.165) is 18.2 Å². The Hall–Kier alpha value is -3.27. The summed E-state index contributed by atoms with van der Waals surface area (Å²) in [5, 5.41) is 13.6. The average Bonchev–Trinajstić information content (AvgIpc) is 3.14. The molecule has 1 atom stereocenters. The van der Waals surface area contributed by atoms with Crippen LogP contribution < -0.4 is 5.32 Å². The third kappa shape index (κ3) is 5.01. The van der Waals surface area contributed by atoms with Gasteiger partial charge in [0, 0.05) is 10.9 Å². The Kier molecular flexibility index (Phi) is 6.16. The largest absolute Gasteiger partial charge is 0.479 e. The van der Waals surface area contributed by atoms with Gasteiger partial charge >= 0.3 is 12.1 Å². The van der Waals surface area contributed by atoms with Crippen molar-refractivity contribution in [1.29, 1.82) is 0 Å². The number of halogens is 4. The Morgan fingerprint density at radius 1 is 1.10 bits per heavy atom. The normalized spacial score (nSPS) is 12.4. The van der Waals surface area contributed by atoms with Crippen LogP contribution in [0.3, 0.4) is 0 Å². The van der Waals surface area contributed by atoms with Crippen molar-refractivity contribution in [2.45, 2.75) is 18.6 Å². The fraction of sp³-hybridized carbons (Fsp3) is 0.150. The highest BCUT2D eigenvalue weighted by molar-refractivity contribution is 7.13. The van der Waals surface area contributed by atoms with Gasteiger partial charge in [-0.05, 0) is 35.9 Å². The van der Waals surface area contributed by atoms with Gasteiger partial charge in [-0.2, -0.15) is 13.2 Å². The van der Waals surface area contributed by atoms with Crippen LogP contribution in [0.15, 0.2) is 53.9 Å². The van der Waals surface area contributed by atoms with Gasteiger partial charge in [0.25, 0.3) is 0 Å². The first-order valence-electron chi connectivity index (χ1n) is 8.54. The molecule has 0 aliphatic carbocycles. The Balaban J connectivity index is 1.76. The molecule has 3 rings (SSSR count). The first-order valence-corrected chi connectivity index (χ1v) is 9.42. The zero-order chi connectivity index (χ0) is 21.9. The molecule has 3 aromatic rings. The van der Waals surface area contributed by atoms with E-state index in [2.05, 4.69) is 10.3 Å². The molecule has 2 N–H and O–H groups in total. The van der Waals surface area contributed by atoms with Gasteiger partial charge in [0.1, 0.15) is 10.8 Å². The zero-order valence-corrected chi connectivity index (χ0v) is 15.9. The van der Waals surface area contributed by atoms with Gasteiger partial charge < -0.3 is 10.4 Å². The number of carbonyl (C=O) groups excluding carboxylic acids is 1. The number of benzene rings is 2. The van der Waals surface area contributed by atoms with Crippen molar-refractivity contribution in [3.05, 3.63) is 76.5 Å². The van der Waals surface area contributed by atoms with Gasteiger partial charge in [-0.1, -0.05) is 18.2 Å². The van der Waals surface area contributed by atoms with Crippen LogP contribution in [0.1, 0.15) is 22.9 Å². The van der Waals surface area contributed by atoms with Crippen molar-refractivity contribution < 1.29 is 32.3 Å². The number of carboxylic acids is 1. The number of nitrogens with zero attached hydrogens (tertiary/aromatic N) is 1. The molecular weight excluding hydrogens is 424 g/mol. The Morgan fingerprint density at radius 2 is 1.77 bits per heavy atom. The topological polar surface area (TPSA) is 79.3 Å². The number of hydrogen-bond donors (Lipinski definition) is 2. The standard InChI is InChI=1S/C20H14F4N2O3S/c21-12-7-5-11(6-8-12)18-25-13(10-30-18)9-16(27)26-17(19(28)29)14-3-1-2-4-15(14)20(22,23)24/h1-8,10,17H,9H2,(H,26,27)(H,28,29). The molecule has 0 saturated heterocycles. The van der Waals surface area contributed by atoms with Crippen LogP contribution >= 0.6 is 11.3 Å². The maximum atomic E-state index is 13.2. The van der Waals surface area contributed by atoms with Crippen molar-refractivity contribution in [3.8, 4) is 10.6 Å². The number of aliphatic carboxylic acids is 1. The quantitative estimate of drug-likeness (QED) is 0.558. The van der Waals surface area contributed by atoms with E-state index in [9.17, 15) is 32.3 Å². The highest BCUT2D eigenvalue weighted by Gasteiger charge is 2.37. The second kappa shape index (κ2) is 8.62. The lowest BCUT2D eigenvalue weighted by Gasteiger charge is -2.19. The Bertz CT molecular complexity index is 1060. The van der Waals surface area contributed by atoms with Crippen LogP contribution in [0.5, 0.6) is 0 Å². The molecule has 0 aliphatic rings. The number of amides is 1. The number of carbonyl (C=O) groups is 2. The molecule has 156 valence electrons. The lowest BCUT2D eigenvalue weighted by atomic mass is 9.99. The molecule has 0 bridgehead atoms. The first kappa shape index (κ1) is 21.4. The molecular formula is C20H14F4N2O3S. The van der Waals surface area contributed by atoms with Gasteiger partial charge in [-0.3, -0.25) is 4.79 Å². The maximum absolute atomic E-state index is 13.2. The summed E-state index contributed by atoms with van der Waals surface area (Å²) in [4.78, 5) is 28.1. The minimum atomic E-state index is -4.77. The second-order valence-electron chi connectivity index (χ2n) is 6.25. The van der Waals surface area contributed by atoms with E-state index >= 15 is 0 Å². The van der Waals surface area contributed by atoms with Crippen LogP contribution in [0.25, 0.3) is 10.6 Å². The number of alkyl halides is 3. The fourth-order valence-corrected chi connectivity index (χ4v) is 3.59. The smallest absolute Gasteiger partial charge is 0.416 e. The van der Waals surface area contributed by atoms with E-state index < -0.39 is 41.0 Å². The minimum absolute atomic E-state index is 0.310. The number of aromatic nitrogens is 1. The van der Waals surface area contributed by atoms with Crippen molar-refractivity contribution in [3.63, 3.8) is 0 Å². The third-order valence-corrected chi connectivity index (χ3v) is 5.05. The second-order valence-corrected chi connectivity index (χ2v) is 7.11. The summed E-state index contributed by atoms with van der Waals surface area (Å²) >= 11 is 1.20. The van der Waals surface area contributed by atoms with Gasteiger partial charge in [0.2, 0.25) is 5.91 Å². The molecule has 0 spiro atoms. The minimum Gasteiger partial charge on any atom is -0.479 e. The zero-order valence-electron chi connectivity index (χ0n) is 15.1. The van der Waals surface area contributed by atoms with Crippen LogP contribution in [-0.4, -0.2) is 22.0 Å². The predicted octanol–water partition coefficient (Wildman–Crippen LogP) is 4.45. The van der Waals surface area contributed by atoms with E-state index in [-0.39, 0.29) is 6.42 Å². The summed E-state index contributed by atoms with van der Waals surface area (Å²) in [6.45, 7) is 0. The fourth-order valence-electron chi connectivity index (χ4n) is 2.77. The first-order chi connectivity index (χ1) is 14.1. The molecule has 1 unspecified atom stereocenters. The van der Waals surface area contributed by atoms with Crippen molar-refractivity contribution >= 4 is 23.2 Å². The monoisotopic (exact) mass is 438 g/mol. The molecule has 30 heavy (non-hydrogen) atoms. The highest BCUT2D eigenvalue weighted by atomic mass is 32.1. The lowest BCUT2D eigenvalue weighted by Crippen LogP contribution is -2.36. The maximum Gasteiger partial charge on any atom is 0.416 e. The van der Waals surface area contributed by atoms with Crippen molar-refractivity contribution in [2.24, 2.45) is 0 Å². The summed E-state index contributed by atoms with van der Waals surface area (Å²) in [6.07, 6.45) is -5.09. The van der Waals surface area contributed by atoms with Gasteiger partial charge in [0.15, 0.2) is 6.04 Å².